The minimum absolute atomic E-state index is 0.0212. The Kier molecular flexibility index (Phi) is 3.57. The van der Waals surface area contributed by atoms with Crippen LogP contribution in [0.2, 0.25) is 0 Å². The first-order valence-corrected chi connectivity index (χ1v) is 7.61. The first-order valence-electron chi connectivity index (χ1n) is 7.61. The van der Waals surface area contributed by atoms with Crippen molar-refractivity contribution in [3.63, 3.8) is 0 Å². The summed E-state index contributed by atoms with van der Waals surface area (Å²) >= 11 is 0. The molecule has 6 heteroatoms. The number of fused-ring (bicyclic) bond motifs is 1. The fraction of sp³-hybridized carbons (Fsp3) is 0.667. The van der Waals surface area contributed by atoms with Gasteiger partial charge in [0, 0.05) is 30.9 Å². The largest absolute Gasteiger partial charge is 0.304 e. The van der Waals surface area contributed by atoms with E-state index in [4.69, 9.17) is 0 Å². The second-order valence-corrected chi connectivity index (χ2v) is 6.82. The molecule has 1 N–H and O–H groups in total. The average Bonchev–Trinajstić information content (AvgIpc) is 3.04. The summed E-state index contributed by atoms with van der Waals surface area (Å²) in [5, 5.41) is 16.5. The molecule has 114 valence electrons. The molecule has 2 heterocycles. The Morgan fingerprint density at radius 3 is 2.90 bits per heavy atom. The van der Waals surface area contributed by atoms with Gasteiger partial charge in [0.05, 0.1) is 23.6 Å². The van der Waals surface area contributed by atoms with E-state index in [2.05, 4.69) is 41.5 Å². The van der Waals surface area contributed by atoms with Crippen LogP contribution in [0.15, 0.2) is 12.4 Å². The van der Waals surface area contributed by atoms with Crippen molar-refractivity contribution in [2.24, 2.45) is 7.05 Å². The van der Waals surface area contributed by atoms with Crippen molar-refractivity contribution in [2.75, 3.05) is 0 Å². The number of rotatable bonds is 3. The molecule has 0 aliphatic heterocycles. The van der Waals surface area contributed by atoms with E-state index >= 15 is 0 Å². The first kappa shape index (κ1) is 14.3. The minimum Gasteiger partial charge on any atom is -0.304 e. The molecule has 1 atom stereocenters. The van der Waals surface area contributed by atoms with Crippen LogP contribution < -0.4 is 5.32 Å². The Hall–Kier alpha value is -1.69. The van der Waals surface area contributed by atoms with Gasteiger partial charge in [0.25, 0.3) is 0 Å². The van der Waals surface area contributed by atoms with E-state index in [-0.39, 0.29) is 5.54 Å². The second-order valence-electron chi connectivity index (χ2n) is 6.82. The fourth-order valence-corrected chi connectivity index (χ4v) is 2.85. The third kappa shape index (κ3) is 2.85. The number of hydrogen-bond donors (Lipinski definition) is 1. The van der Waals surface area contributed by atoms with Gasteiger partial charge in [-0.1, -0.05) is 5.21 Å². The van der Waals surface area contributed by atoms with E-state index in [9.17, 15) is 0 Å². The van der Waals surface area contributed by atoms with Gasteiger partial charge in [-0.3, -0.25) is 4.68 Å². The van der Waals surface area contributed by atoms with Gasteiger partial charge in [-0.05, 0) is 40.0 Å². The van der Waals surface area contributed by atoms with E-state index in [1.165, 1.54) is 17.7 Å². The Bertz CT molecular complexity index is 618. The molecule has 0 saturated carbocycles. The number of aromatic nitrogens is 5. The highest BCUT2D eigenvalue weighted by Gasteiger charge is 2.23. The molecule has 0 fully saturated rings. The zero-order valence-electron chi connectivity index (χ0n) is 13.3. The monoisotopic (exact) mass is 288 g/mol. The van der Waals surface area contributed by atoms with Crippen molar-refractivity contribution >= 4 is 0 Å². The maximum absolute atomic E-state index is 4.38. The molecule has 0 bridgehead atoms. The summed E-state index contributed by atoms with van der Waals surface area (Å²) < 4.78 is 3.92. The second kappa shape index (κ2) is 5.26. The Morgan fingerprint density at radius 2 is 2.19 bits per heavy atom. The zero-order chi connectivity index (χ0) is 15.0. The maximum Gasteiger partial charge on any atom is 0.0965 e. The lowest BCUT2D eigenvalue weighted by Gasteiger charge is -2.23. The van der Waals surface area contributed by atoms with Gasteiger partial charge < -0.3 is 5.32 Å². The summed E-state index contributed by atoms with van der Waals surface area (Å²) in [6.45, 7) is 7.13. The average molecular weight is 288 g/mol. The van der Waals surface area contributed by atoms with Crippen LogP contribution in [0.4, 0.5) is 0 Å². The van der Waals surface area contributed by atoms with Crippen LogP contribution in [-0.4, -0.2) is 24.8 Å². The molecule has 2 aromatic rings. The van der Waals surface area contributed by atoms with Crippen molar-refractivity contribution in [3.8, 4) is 0 Å². The van der Waals surface area contributed by atoms with E-state index in [0.717, 1.165) is 25.1 Å². The molecule has 1 aliphatic carbocycles. The molecule has 0 amide bonds. The summed E-state index contributed by atoms with van der Waals surface area (Å²) in [5.41, 5.74) is 3.66. The van der Waals surface area contributed by atoms with Gasteiger partial charge in [0.15, 0.2) is 0 Å². The van der Waals surface area contributed by atoms with Crippen LogP contribution in [0.5, 0.6) is 0 Å². The van der Waals surface area contributed by atoms with Gasteiger partial charge >= 0.3 is 0 Å². The molecule has 0 saturated heterocycles. The molecule has 0 spiro atoms. The molecule has 3 rings (SSSR count). The molecule has 6 nitrogen and oxygen atoms in total. The molecular weight excluding hydrogens is 264 g/mol. The molecule has 0 radical (unpaired) electrons. The van der Waals surface area contributed by atoms with Crippen LogP contribution in [0.25, 0.3) is 0 Å². The van der Waals surface area contributed by atoms with Gasteiger partial charge in [0.1, 0.15) is 0 Å². The third-order valence-corrected chi connectivity index (χ3v) is 4.13. The van der Waals surface area contributed by atoms with E-state index in [1.807, 2.05) is 28.8 Å². The molecule has 1 aliphatic rings. The molecular formula is C15H24N6. The fourth-order valence-electron chi connectivity index (χ4n) is 2.85. The van der Waals surface area contributed by atoms with Crippen molar-refractivity contribution in [1.29, 1.82) is 0 Å². The molecule has 2 aromatic heterocycles. The summed E-state index contributed by atoms with van der Waals surface area (Å²) in [7, 11) is 2.02. The lowest BCUT2D eigenvalue weighted by atomic mass is 9.93. The highest BCUT2D eigenvalue weighted by Crippen LogP contribution is 2.29. The SMILES string of the molecule is Cn1ncc2c1CCCC2NCc1cn(C(C)(C)C)nn1. The van der Waals surface area contributed by atoms with Gasteiger partial charge in [-0.15, -0.1) is 5.10 Å². The maximum atomic E-state index is 4.38. The predicted octanol–water partition coefficient (Wildman–Crippen LogP) is 1.93. The van der Waals surface area contributed by atoms with E-state index < -0.39 is 0 Å². The highest BCUT2D eigenvalue weighted by atomic mass is 15.4. The van der Waals surface area contributed by atoms with Crippen molar-refractivity contribution in [3.05, 3.63) is 29.3 Å². The Labute approximate surface area is 125 Å². The summed E-state index contributed by atoms with van der Waals surface area (Å²) in [5.74, 6) is 0. The molecule has 21 heavy (non-hydrogen) atoms. The minimum atomic E-state index is -0.0212. The third-order valence-electron chi connectivity index (χ3n) is 4.13. The predicted molar refractivity (Wildman–Crippen MR) is 80.7 cm³/mol. The molecule has 1 unspecified atom stereocenters. The van der Waals surface area contributed by atoms with E-state index in [1.54, 1.807) is 0 Å². The number of aryl methyl sites for hydroxylation is 1. The summed E-state index contributed by atoms with van der Waals surface area (Å²) in [6, 6.07) is 0.377. The smallest absolute Gasteiger partial charge is 0.0965 e. The van der Waals surface area contributed by atoms with Gasteiger partial charge in [-0.2, -0.15) is 5.10 Å². The first-order chi connectivity index (χ1) is 9.95. The number of hydrogen-bond acceptors (Lipinski definition) is 4. The number of nitrogens with one attached hydrogen (secondary N) is 1. The zero-order valence-corrected chi connectivity index (χ0v) is 13.3. The van der Waals surface area contributed by atoms with Crippen LogP contribution in [0, 0.1) is 0 Å². The van der Waals surface area contributed by atoms with Crippen LogP contribution in [0.3, 0.4) is 0 Å². The standard InChI is InChI=1S/C15H24N6/c1-15(2,3)21-10-11(18-19-21)8-16-13-6-5-7-14-12(13)9-17-20(14)4/h9-10,13,16H,5-8H2,1-4H3. The van der Waals surface area contributed by atoms with Crippen LogP contribution in [0.1, 0.15) is 56.6 Å². The lowest BCUT2D eigenvalue weighted by Crippen LogP contribution is -2.25. The van der Waals surface area contributed by atoms with Gasteiger partial charge in [-0.25, -0.2) is 4.68 Å². The van der Waals surface area contributed by atoms with Crippen LogP contribution in [-0.2, 0) is 25.6 Å². The van der Waals surface area contributed by atoms with E-state index in [0.29, 0.717) is 6.04 Å². The normalized spacial score (nSPS) is 18.8. The van der Waals surface area contributed by atoms with Crippen molar-refractivity contribution < 1.29 is 0 Å². The Balaban J connectivity index is 1.67. The quantitative estimate of drug-likeness (QED) is 0.937. The Morgan fingerprint density at radius 1 is 1.38 bits per heavy atom. The lowest BCUT2D eigenvalue weighted by molar-refractivity contribution is 0.346. The van der Waals surface area contributed by atoms with Crippen molar-refractivity contribution in [1.82, 2.24) is 30.1 Å². The van der Waals surface area contributed by atoms with Gasteiger partial charge in [0.2, 0.25) is 0 Å². The topological polar surface area (TPSA) is 60.6 Å². The van der Waals surface area contributed by atoms with Crippen LogP contribution >= 0.6 is 0 Å². The summed E-state index contributed by atoms with van der Waals surface area (Å²) in [4.78, 5) is 0. The molecule has 0 aromatic carbocycles. The van der Waals surface area contributed by atoms with Crippen molar-refractivity contribution in [2.45, 2.75) is 58.2 Å². The highest BCUT2D eigenvalue weighted by molar-refractivity contribution is 5.24. The summed E-state index contributed by atoms with van der Waals surface area (Å²) in [6.07, 6.45) is 7.52. The number of nitrogens with zero attached hydrogens (tertiary/aromatic N) is 5.